The number of nitrogens with zero attached hydrogens (tertiary/aromatic N) is 1. The number of aliphatic hydroxyl groups is 1. The van der Waals surface area contributed by atoms with Gasteiger partial charge in [0.05, 0.1) is 6.10 Å². The molecule has 1 aromatic rings. The second kappa shape index (κ2) is 5.83. The molecular weight excluding hydrogens is 254 g/mol. The van der Waals surface area contributed by atoms with E-state index in [0.29, 0.717) is 25.3 Å². The van der Waals surface area contributed by atoms with Crippen molar-refractivity contribution in [3.63, 3.8) is 0 Å². The van der Waals surface area contributed by atoms with Gasteiger partial charge < -0.3 is 14.7 Å². The highest BCUT2D eigenvalue weighted by Gasteiger charge is 2.24. The fourth-order valence-corrected chi connectivity index (χ4v) is 2.26. The van der Waals surface area contributed by atoms with Crippen molar-refractivity contribution in [2.45, 2.75) is 38.7 Å². The Labute approximate surface area is 120 Å². The van der Waals surface area contributed by atoms with Crippen molar-refractivity contribution in [1.29, 1.82) is 0 Å². The van der Waals surface area contributed by atoms with E-state index in [4.69, 9.17) is 4.74 Å². The number of hydrogen-bond acceptors (Lipinski definition) is 3. The van der Waals surface area contributed by atoms with E-state index in [2.05, 4.69) is 20.8 Å². The Hall–Kier alpha value is -1.55. The molecular formula is C16H23NO3. The molecule has 0 saturated carbocycles. The SMILES string of the molecule is CC(C)(C)c1ccc(OCC(=O)N2CC[C@@H](O)C2)cc1. The minimum absolute atomic E-state index is 0.0293. The molecule has 1 aliphatic rings. The number of benzene rings is 1. The lowest BCUT2D eigenvalue weighted by atomic mass is 9.87. The Morgan fingerprint density at radius 1 is 1.35 bits per heavy atom. The van der Waals surface area contributed by atoms with Crippen molar-refractivity contribution in [3.05, 3.63) is 29.8 Å². The van der Waals surface area contributed by atoms with Crippen molar-refractivity contribution >= 4 is 5.91 Å². The van der Waals surface area contributed by atoms with Crippen LogP contribution in [0.1, 0.15) is 32.8 Å². The molecule has 1 atom stereocenters. The van der Waals surface area contributed by atoms with Crippen molar-refractivity contribution in [3.8, 4) is 5.75 Å². The minimum atomic E-state index is -0.384. The first-order valence-corrected chi connectivity index (χ1v) is 7.05. The Bertz CT molecular complexity index is 462. The van der Waals surface area contributed by atoms with Crippen LogP contribution in [0.2, 0.25) is 0 Å². The zero-order valence-electron chi connectivity index (χ0n) is 12.4. The van der Waals surface area contributed by atoms with Gasteiger partial charge in [-0.05, 0) is 29.5 Å². The molecule has 2 rings (SSSR count). The third kappa shape index (κ3) is 3.73. The van der Waals surface area contributed by atoms with Gasteiger partial charge in [-0.1, -0.05) is 32.9 Å². The molecule has 0 unspecified atom stereocenters. The lowest BCUT2D eigenvalue weighted by Crippen LogP contribution is -2.33. The van der Waals surface area contributed by atoms with Gasteiger partial charge in [0.1, 0.15) is 5.75 Å². The average Bonchev–Trinajstić information content (AvgIpc) is 2.82. The first-order chi connectivity index (χ1) is 9.36. The molecule has 1 N–H and O–H groups in total. The summed E-state index contributed by atoms with van der Waals surface area (Å²) in [4.78, 5) is 13.5. The predicted molar refractivity (Wildman–Crippen MR) is 77.8 cm³/mol. The van der Waals surface area contributed by atoms with E-state index in [1.165, 1.54) is 5.56 Å². The molecule has 1 aliphatic heterocycles. The molecule has 1 aromatic carbocycles. The number of likely N-dealkylation sites (tertiary alicyclic amines) is 1. The summed E-state index contributed by atoms with van der Waals surface area (Å²) in [5.41, 5.74) is 1.35. The fourth-order valence-electron chi connectivity index (χ4n) is 2.26. The first kappa shape index (κ1) is 14.9. The quantitative estimate of drug-likeness (QED) is 0.919. The minimum Gasteiger partial charge on any atom is -0.484 e. The first-order valence-electron chi connectivity index (χ1n) is 7.05. The van der Waals surface area contributed by atoms with Crippen LogP contribution in [-0.4, -0.2) is 41.7 Å². The van der Waals surface area contributed by atoms with Crippen LogP contribution in [0.25, 0.3) is 0 Å². The van der Waals surface area contributed by atoms with Gasteiger partial charge in [-0.2, -0.15) is 0 Å². The van der Waals surface area contributed by atoms with Gasteiger partial charge >= 0.3 is 0 Å². The number of β-amino-alcohol motifs (C(OH)–C–C–N with tert-alkyl or cyclic N) is 1. The molecule has 0 bridgehead atoms. The largest absolute Gasteiger partial charge is 0.484 e. The fraction of sp³-hybridized carbons (Fsp3) is 0.562. The molecule has 110 valence electrons. The monoisotopic (exact) mass is 277 g/mol. The van der Waals surface area contributed by atoms with Crippen LogP contribution in [0.3, 0.4) is 0 Å². The second-order valence-electron chi connectivity index (χ2n) is 6.35. The van der Waals surface area contributed by atoms with Crippen LogP contribution in [0.5, 0.6) is 5.75 Å². The summed E-state index contributed by atoms with van der Waals surface area (Å²) in [6.45, 7) is 7.54. The molecule has 4 heteroatoms. The van der Waals surface area contributed by atoms with Crippen molar-refractivity contribution < 1.29 is 14.6 Å². The van der Waals surface area contributed by atoms with Crippen LogP contribution in [0.4, 0.5) is 0 Å². The highest BCUT2D eigenvalue weighted by atomic mass is 16.5. The Morgan fingerprint density at radius 2 is 2.00 bits per heavy atom. The van der Waals surface area contributed by atoms with Crippen molar-refractivity contribution in [2.75, 3.05) is 19.7 Å². The van der Waals surface area contributed by atoms with Gasteiger partial charge in [0.25, 0.3) is 5.91 Å². The maximum Gasteiger partial charge on any atom is 0.260 e. The summed E-state index contributed by atoms with van der Waals surface area (Å²) >= 11 is 0. The van der Waals surface area contributed by atoms with Crippen LogP contribution in [0, 0.1) is 0 Å². The molecule has 0 aromatic heterocycles. The number of carbonyl (C=O) groups excluding carboxylic acids is 1. The van der Waals surface area contributed by atoms with Gasteiger partial charge in [0.2, 0.25) is 0 Å². The van der Waals surface area contributed by atoms with E-state index in [0.717, 1.165) is 0 Å². The van der Waals surface area contributed by atoms with Crippen LogP contribution in [-0.2, 0) is 10.2 Å². The summed E-state index contributed by atoms with van der Waals surface area (Å²) < 4.78 is 5.51. The highest BCUT2D eigenvalue weighted by Crippen LogP contribution is 2.24. The van der Waals surface area contributed by atoms with E-state index >= 15 is 0 Å². The van der Waals surface area contributed by atoms with E-state index in [1.807, 2.05) is 24.3 Å². The van der Waals surface area contributed by atoms with Gasteiger partial charge in [-0.3, -0.25) is 4.79 Å². The van der Waals surface area contributed by atoms with E-state index < -0.39 is 0 Å². The summed E-state index contributed by atoms with van der Waals surface area (Å²) in [5, 5.41) is 9.41. The Morgan fingerprint density at radius 3 is 2.50 bits per heavy atom. The second-order valence-corrected chi connectivity index (χ2v) is 6.35. The number of aliphatic hydroxyl groups excluding tert-OH is 1. The lowest BCUT2D eigenvalue weighted by Gasteiger charge is -2.19. The van der Waals surface area contributed by atoms with E-state index in [9.17, 15) is 9.90 Å². The van der Waals surface area contributed by atoms with E-state index in [-0.39, 0.29) is 24.0 Å². The molecule has 0 aliphatic carbocycles. The van der Waals surface area contributed by atoms with Crippen molar-refractivity contribution in [1.82, 2.24) is 4.90 Å². The zero-order valence-corrected chi connectivity index (χ0v) is 12.4. The molecule has 1 saturated heterocycles. The number of rotatable bonds is 3. The topological polar surface area (TPSA) is 49.8 Å². The summed E-state index contributed by atoms with van der Waals surface area (Å²) in [5.74, 6) is 0.632. The Balaban J connectivity index is 1.86. The van der Waals surface area contributed by atoms with E-state index in [1.54, 1.807) is 4.90 Å². The number of carbonyl (C=O) groups is 1. The normalized spacial score (nSPS) is 19.2. The maximum absolute atomic E-state index is 11.9. The summed E-state index contributed by atoms with van der Waals surface area (Å²) in [6, 6.07) is 7.85. The molecule has 1 fully saturated rings. The molecule has 0 radical (unpaired) electrons. The van der Waals surface area contributed by atoms with Crippen LogP contribution in [0.15, 0.2) is 24.3 Å². The zero-order chi connectivity index (χ0) is 14.8. The molecule has 20 heavy (non-hydrogen) atoms. The molecule has 0 spiro atoms. The predicted octanol–water partition coefficient (Wildman–Crippen LogP) is 1.96. The average molecular weight is 277 g/mol. The van der Waals surface area contributed by atoms with Crippen LogP contribution < -0.4 is 4.74 Å². The van der Waals surface area contributed by atoms with Crippen molar-refractivity contribution in [2.24, 2.45) is 0 Å². The smallest absolute Gasteiger partial charge is 0.260 e. The maximum atomic E-state index is 11.9. The number of ether oxygens (including phenoxy) is 1. The lowest BCUT2D eigenvalue weighted by molar-refractivity contribution is -0.132. The summed E-state index contributed by atoms with van der Waals surface area (Å²) in [7, 11) is 0. The number of amides is 1. The van der Waals surface area contributed by atoms with Crippen LogP contribution >= 0.6 is 0 Å². The van der Waals surface area contributed by atoms with Gasteiger partial charge in [0.15, 0.2) is 6.61 Å². The third-order valence-corrected chi connectivity index (χ3v) is 3.60. The third-order valence-electron chi connectivity index (χ3n) is 3.60. The molecule has 4 nitrogen and oxygen atoms in total. The van der Waals surface area contributed by atoms with Gasteiger partial charge in [-0.25, -0.2) is 0 Å². The standard InChI is InChI=1S/C16H23NO3/c1-16(2,3)12-4-6-14(7-5-12)20-11-15(19)17-9-8-13(18)10-17/h4-7,13,18H,8-11H2,1-3H3/t13-/m1/s1. The Kier molecular flexibility index (Phi) is 4.33. The number of hydrogen-bond donors (Lipinski definition) is 1. The van der Waals surface area contributed by atoms with Gasteiger partial charge in [0, 0.05) is 13.1 Å². The summed E-state index contributed by atoms with van der Waals surface area (Å²) in [6.07, 6.45) is 0.275. The van der Waals surface area contributed by atoms with Gasteiger partial charge in [-0.15, -0.1) is 0 Å². The molecule has 1 heterocycles. The molecule has 1 amide bonds. The highest BCUT2D eigenvalue weighted by molar-refractivity contribution is 5.78.